The highest BCUT2D eigenvalue weighted by atomic mass is 16.6. The van der Waals surface area contributed by atoms with E-state index < -0.39 is 0 Å². The van der Waals surface area contributed by atoms with Crippen LogP contribution in [0.25, 0.3) is 0 Å². The van der Waals surface area contributed by atoms with E-state index in [1.54, 1.807) is 4.90 Å². The molecule has 2 aliphatic rings. The number of carbonyl (C=O) groups excluding carboxylic acids is 2. The van der Waals surface area contributed by atoms with Crippen LogP contribution in [0.1, 0.15) is 18.4 Å². The summed E-state index contributed by atoms with van der Waals surface area (Å²) in [6, 6.07) is 9.86. The van der Waals surface area contributed by atoms with Crippen molar-refractivity contribution in [1.82, 2.24) is 15.8 Å². The van der Waals surface area contributed by atoms with E-state index in [0.29, 0.717) is 19.5 Å². The van der Waals surface area contributed by atoms with Crippen LogP contribution in [0.4, 0.5) is 4.79 Å². The second-order valence-corrected chi connectivity index (χ2v) is 5.54. The molecule has 2 amide bonds. The predicted molar refractivity (Wildman–Crippen MR) is 76.0 cm³/mol. The topological polar surface area (TPSA) is 70.7 Å². The van der Waals surface area contributed by atoms with Crippen molar-refractivity contribution in [2.75, 3.05) is 13.1 Å². The van der Waals surface area contributed by atoms with Crippen molar-refractivity contribution in [3.63, 3.8) is 0 Å². The van der Waals surface area contributed by atoms with Crippen LogP contribution in [0.2, 0.25) is 0 Å². The van der Waals surface area contributed by atoms with Crippen LogP contribution in [-0.2, 0) is 16.1 Å². The lowest BCUT2D eigenvalue weighted by molar-refractivity contribution is -0.126. The van der Waals surface area contributed by atoms with Gasteiger partial charge in [-0.3, -0.25) is 10.2 Å². The summed E-state index contributed by atoms with van der Waals surface area (Å²) in [4.78, 5) is 25.2. The van der Waals surface area contributed by atoms with Crippen molar-refractivity contribution in [1.29, 1.82) is 0 Å². The quantitative estimate of drug-likeness (QED) is 0.853. The van der Waals surface area contributed by atoms with E-state index in [2.05, 4.69) is 10.9 Å². The summed E-state index contributed by atoms with van der Waals surface area (Å²) in [6.45, 7) is 1.50. The summed E-state index contributed by atoms with van der Waals surface area (Å²) in [7, 11) is 0. The normalized spacial score (nSPS) is 25.0. The lowest BCUT2D eigenvalue weighted by atomic mass is 9.88. The predicted octanol–water partition coefficient (Wildman–Crippen LogP) is 1.04. The van der Waals surface area contributed by atoms with Crippen molar-refractivity contribution < 1.29 is 14.3 Å². The maximum Gasteiger partial charge on any atom is 0.410 e. The van der Waals surface area contributed by atoms with Crippen LogP contribution >= 0.6 is 0 Å². The van der Waals surface area contributed by atoms with Crippen molar-refractivity contribution in [3.05, 3.63) is 35.9 Å². The standard InChI is InChI=1S/C15H19N3O3/c19-14-8-12-9-18(7-6-13(12)16-17-14)15(20)21-10-11-4-2-1-3-5-11/h1-5,12-13,16H,6-10H2,(H,17,19). The fourth-order valence-electron chi connectivity index (χ4n) is 2.87. The minimum Gasteiger partial charge on any atom is -0.445 e. The van der Waals surface area contributed by atoms with Crippen LogP contribution in [0, 0.1) is 5.92 Å². The van der Waals surface area contributed by atoms with Gasteiger partial charge >= 0.3 is 6.09 Å². The zero-order chi connectivity index (χ0) is 14.7. The van der Waals surface area contributed by atoms with Gasteiger partial charge in [0.15, 0.2) is 0 Å². The minimum atomic E-state index is -0.303. The molecule has 0 aromatic heterocycles. The van der Waals surface area contributed by atoms with E-state index in [1.807, 2.05) is 30.3 Å². The monoisotopic (exact) mass is 289 g/mol. The van der Waals surface area contributed by atoms with Crippen LogP contribution in [-0.4, -0.2) is 36.0 Å². The molecule has 6 heteroatoms. The van der Waals surface area contributed by atoms with E-state index in [0.717, 1.165) is 12.0 Å². The average molecular weight is 289 g/mol. The van der Waals surface area contributed by atoms with E-state index in [-0.39, 0.29) is 30.6 Å². The van der Waals surface area contributed by atoms with Gasteiger partial charge in [0.1, 0.15) is 6.61 Å². The SMILES string of the molecule is O=C1CC2CN(C(=O)OCc3ccccc3)CCC2NN1. The highest BCUT2D eigenvalue weighted by molar-refractivity contribution is 5.77. The fourth-order valence-corrected chi connectivity index (χ4v) is 2.87. The number of nitrogens with one attached hydrogen (secondary N) is 2. The van der Waals surface area contributed by atoms with Crippen molar-refractivity contribution in [3.8, 4) is 0 Å². The fraction of sp³-hybridized carbons (Fsp3) is 0.467. The molecule has 0 spiro atoms. The number of amides is 2. The number of fused-ring (bicyclic) bond motifs is 1. The van der Waals surface area contributed by atoms with Gasteiger partial charge in [-0.2, -0.15) is 0 Å². The van der Waals surface area contributed by atoms with Crippen LogP contribution in [0.15, 0.2) is 30.3 Å². The lowest BCUT2D eigenvalue weighted by Gasteiger charge is -2.40. The summed E-state index contributed by atoms with van der Waals surface area (Å²) in [5.41, 5.74) is 6.63. The number of hydrogen-bond acceptors (Lipinski definition) is 4. The Hall–Kier alpha value is -2.08. The van der Waals surface area contributed by atoms with Gasteiger partial charge in [0, 0.05) is 31.5 Å². The molecule has 21 heavy (non-hydrogen) atoms. The maximum absolute atomic E-state index is 12.1. The second-order valence-electron chi connectivity index (χ2n) is 5.54. The molecule has 0 aliphatic carbocycles. The van der Waals surface area contributed by atoms with Gasteiger partial charge in [-0.15, -0.1) is 0 Å². The molecule has 0 radical (unpaired) electrons. The molecule has 3 rings (SSSR count). The Kier molecular flexibility index (Phi) is 4.06. The van der Waals surface area contributed by atoms with Gasteiger partial charge in [0.25, 0.3) is 0 Å². The van der Waals surface area contributed by atoms with E-state index in [9.17, 15) is 9.59 Å². The molecule has 2 unspecified atom stereocenters. The third-order valence-electron chi connectivity index (χ3n) is 4.04. The molecule has 2 saturated heterocycles. The van der Waals surface area contributed by atoms with E-state index in [4.69, 9.17) is 4.74 Å². The van der Waals surface area contributed by atoms with Gasteiger partial charge < -0.3 is 9.64 Å². The molecule has 2 heterocycles. The first-order chi connectivity index (χ1) is 10.2. The smallest absolute Gasteiger partial charge is 0.410 e. The number of rotatable bonds is 2. The molecule has 2 aliphatic heterocycles. The molecular weight excluding hydrogens is 270 g/mol. The summed E-state index contributed by atoms with van der Waals surface area (Å²) >= 11 is 0. The molecule has 0 saturated carbocycles. The zero-order valence-electron chi connectivity index (χ0n) is 11.7. The number of nitrogens with zero attached hydrogens (tertiary/aromatic N) is 1. The Morgan fingerprint density at radius 3 is 2.95 bits per heavy atom. The summed E-state index contributed by atoms with van der Waals surface area (Å²) in [6.07, 6.45) is 0.981. The Bertz CT molecular complexity index is 520. The Morgan fingerprint density at radius 2 is 2.14 bits per heavy atom. The first kappa shape index (κ1) is 13.9. The molecule has 2 fully saturated rings. The molecular formula is C15H19N3O3. The molecule has 1 aromatic rings. The summed E-state index contributed by atoms with van der Waals surface area (Å²) in [5, 5.41) is 0. The number of carbonyl (C=O) groups is 2. The van der Waals surface area contributed by atoms with E-state index in [1.165, 1.54) is 0 Å². The zero-order valence-corrected chi connectivity index (χ0v) is 11.7. The summed E-state index contributed by atoms with van der Waals surface area (Å²) in [5.74, 6) is 0.146. The number of piperidine rings is 1. The average Bonchev–Trinajstić information content (AvgIpc) is 2.53. The largest absolute Gasteiger partial charge is 0.445 e. The van der Waals surface area contributed by atoms with Crippen LogP contribution < -0.4 is 10.9 Å². The number of hydrazine groups is 1. The Labute approximate surface area is 123 Å². The van der Waals surface area contributed by atoms with Crippen molar-refractivity contribution >= 4 is 12.0 Å². The molecule has 1 aromatic carbocycles. The molecule has 2 atom stereocenters. The second kappa shape index (κ2) is 6.13. The van der Waals surface area contributed by atoms with Gasteiger partial charge in [0.2, 0.25) is 5.91 Å². The minimum absolute atomic E-state index is 0.0178. The number of ether oxygens (including phenoxy) is 1. The Morgan fingerprint density at radius 1 is 1.33 bits per heavy atom. The highest BCUT2D eigenvalue weighted by Crippen LogP contribution is 2.23. The number of benzene rings is 1. The van der Waals surface area contributed by atoms with Gasteiger partial charge in [-0.1, -0.05) is 30.3 Å². The molecule has 0 bridgehead atoms. The maximum atomic E-state index is 12.1. The molecule has 112 valence electrons. The van der Waals surface area contributed by atoms with Crippen LogP contribution in [0.3, 0.4) is 0 Å². The van der Waals surface area contributed by atoms with Crippen LogP contribution in [0.5, 0.6) is 0 Å². The first-order valence-electron chi connectivity index (χ1n) is 7.22. The van der Waals surface area contributed by atoms with Gasteiger partial charge in [-0.05, 0) is 12.0 Å². The van der Waals surface area contributed by atoms with Crippen molar-refractivity contribution in [2.45, 2.75) is 25.5 Å². The highest BCUT2D eigenvalue weighted by Gasteiger charge is 2.36. The third-order valence-corrected chi connectivity index (χ3v) is 4.04. The number of hydrogen-bond donors (Lipinski definition) is 2. The first-order valence-corrected chi connectivity index (χ1v) is 7.22. The van der Waals surface area contributed by atoms with Gasteiger partial charge in [0.05, 0.1) is 0 Å². The molecule has 6 nitrogen and oxygen atoms in total. The van der Waals surface area contributed by atoms with E-state index >= 15 is 0 Å². The number of likely N-dealkylation sites (tertiary alicyclic amines) is 1. The third kappa shape index (κ3) is 3.33. The lowest BCUT2D eigenvalue weighted by Crippen LogP contribution is -2.60. The van der Waals surface area contributed by atoms with Crippen molar-refractivity contribution in [2.24, 2.45) is 5.92 Å². The summed E-state index contributed by atoms with van der Waals surface area (Å²) < 4.78 is 5.34. The molecule has 2 N–H and O–H groups in total. The Balaban J connectivity index is 1.52. The van der Waals surface area contributed by atoms with Gasteiger partial charge in [-0.25, -0.2) is 10.2 Å².